The molecule has 0 spiro atoms. The molecule has 146 valence electrons. The Morgan fingerprint density at radius 3 is 2.19 bits per heavy atom. The Hall–Kier alpha value is -2.25. The monoisotopic (exact) mass is 380 g/mol. The Morgan fingerprint density at radius 1 is 1.00 bits per heavy atom. The van der Waals surface area contributed by atoms with Crippen LogP contribution in [0.4, 0.5) is 13.2 Å². The molecule has 27 heavy (non-hydrogen) atoms. The Kier molecular flexibility index (Phi) is 5.92. The van der Waals surface area contributed by atoms with Crippen molar-refractivity contribution in [3.05, 3.63) is 59.2 Å². The van der Waals surface area contributed by atoms with E-state index >= 15 is 0 Å². The van der Waals surface area contributed by atoms with Crippen LogP contribution < -0.4 is 14.8 Å². The predicted octanol–water partition coefficient (Wildman–Crippen LogP) is 3.90. The minimum atomic E-state index is -4.69. The van der Waals surface area contributed by atoms with E-state index in [9.17, 15) is 13.2 Å². The molecule has 1 aliphatic rings. The molecule has 3 rings (SSSR count). The van der Waals surface area contributed by atoms with Crippen LogP contribution in [0.5, 0.6) is 11.5 Å². The molecule has 1 saturated heterocycles. The molecule has 0 aliphatic carbocycles. The van der Waals surface area contributed by atoms with Crippen molar-refractivity contribution in [3.63, 3.8) is 0 Å². The third-order valence-electron chi connectivity index (χ3n) is 4.68. The van der Waals surface area contributed by atoms with E-state index in [4.69, 9.17) is 4.74 Å². The highest BCUT2D eigenvalue weighted by Gasteiger charge is 2.31. The van der Waals surface area contributed by atoms with Crippen molar-refractivity contribution in [2.24, 2.45) is 0 Å². The van der Waals surface area contributed by atoms with E-state index in [1.54, 1.807) is 19.2 Å². The third kappa shape index (κ3) is 4.93. The van der Waals surface area contributed by atoms with Crippen molar-refractivity contribution in [3.8, 4) is 11.5 Å². The SMILES string of the molecule is COc1ccc([C@H](c2ccc(OC(F)(F)F)cc2)N2CCNCC2)cc1C. The van der Waals surface area contributed by atoms with Crippen LogP contribution in [-0.2, 0) is 0 Å². The van der Waals surface area contributed by atoms with Gasteiger partial charge in [-0.3, -0.25) is 4.90 Å². The highest BCUT2D eigenvalue weighted by molar-refractivity contribution is 5.42. The second-order valence-corrected chi connectivity index (χ2v) is 6.53. The van der Waals surface area contributed by atoms with Crippen LogP contribution in [0.15, 0.2) is 42.5 Å². The first-order chi connectivity index (χ1) is 12.9. The summed E-state index contributed by atoms with van der Waals surface area (Å²) in [5.74, 6) is 0.600. The molecule has 0 unspecified atom stereocenters. The molecule has 0 radical (unpaired) electrons. The molecular weight excluding hydrogens is 357 g/mol. The lowest BCUT2D eigenvalue weighted by atomic mass is 9.95. The average molecular weight is 380 g/mol. The number of alkyl halides is 3. The third-order valence-corrected chi connectivity index (χ3v) is 4.68. The molecule has 7 heteroatoms. The van der Waals surface area contributed by atoms with Crippen LogP contribution in [-0.4, -0.2) is 44.6 Å². The number of benzene rings is 2. The number of methoxy groups -OCH3 is 1. The van der Waals surface area contributed by atoms with Gasteiger partial charge in [0, 0.05) is 26.2 Å². The molecule has 1 atom stereocenters. The highest BCUT2D eigenvalue weighted by atomic mass is 19.4. The van der Waals surface area contributed by atoms with Crippen LogP contribution in [0.3, 0.4) is 0 Å². The maximum Gasteiger partial charge on any atom is 0.573 e. The van der Waals surface area contributed by atoms with Gasteiger partial charge in [-0.1, -0.05) is 24.3 Å². The van der Waals surface area contributed by atoms with E-state index in [1.165, 1.54) is 12.1 Å². The fourth-order valence-corrected chi connectivity index (χ4v) is 3.48. The van der Waals surface area contributed by atoms with Gasteiger partial charge in [0.15, 0.2) is 0 Å². The van der Waals surface area contributed by atoms with Gasteiger partial charge in [-0.05, 0) is 41.8 Å². The number of hydrogen-bond acceptors (Lipinski definition) is 4. The number of nitrogens with one attached hydrogen (secondary N) is 1. The second-order valence-electron chi connectivity index (χ2n) is 6.53. The predicted molar refractivity (Wildman–Crippen MR) is 97.1 cm³/mol. The average Bonchev–Trinajstić information content (AvgIpc) is 2.63. The van der Waals surface area contributed by atoms with Crippen molar-refractivity contribution in [1.29, 1.82) is 0 Å². The van der Waals surface area contributed by atoms with Gasteiger partial charge in [-0.25, -0.2) is 0 Å². The van der Waals surface area contributed by atoms with E-state index in [1.807, 2.05) is 19.1 Å². The first kappa shape index (κ1) is 19.5. The Morgan fingerprint density at radius 2 is 1.63 bits per heavy atom. The van der Waals surface area contributed by atoms with Gasteiger partial charge in [0.2, 0.25) is 0 Å². The normalized spacial score (nSPS) is 16.8. The quantitative estimate of drug-likeness (QED) is 0.853. The molecule has 0 aromatic heterocycles. The van der Waals surface area contributed by atoms with Crippen LogP contribution >= 0.6 is 0 Å². The largest absolute Gasteiger partial charge is 0.573 e. The smallest absolute Gasteiger partial charge is 0.496 e. The standard InChI is InChI=1S/C20H23F3N2O2/c1-14-13-16(5-8-18(14)26-2)19(25-11-9-24-10-12-25)15-3-6-17(7-4-15)27-20(21,22)23/h3-8,13,19,24H,9-12H2,1-2H3/t19-/m0/s1. The summed E-state index contributed by atoms with van der Waals surface area (Å²) in [7, 11) is 1.63. The Bertz CT molecular complexity index is 757. The van der Waals surface area contributed by atoms with Crippen LogP contribution in [0.1, 0.15) is 22.7 Å². The summed E-state index contributed by atoms with van der Waals surface area (Å²) < 4.78 is 46.6. The minimum absolute atomic E-state index is 0.0448. The molecule has 2 aromatic carbocycles. The molecule has 0 bridgehead atoms. The number of hydrogen-bond donors (Lipinski definition) is 1. The van der Waals surface area contributed by atoms with Gasteiger partial charge in [0.25, 0.3) is 0 Å². The van der Waals surface area contributed by atoms with Crippen LogP contribution in [0, 0.1) is 6.92 Å². The zero-order valence-electron chi connectivity index (χ0n) is 15.3. The summed E-state index contributed by atoms with van der Waals surface area (Å²) in [6, 6.07) is 12.1. The molecule has 1 N–H and O–H groups in total. The molecule has 1 aliphatic heterocycles. The summed E-state index contributed by atoms with van der Waals surface area (Å²) in [4.78, 5) is 2.33. The molecule has 4 nitrogen and oxygen atoms in total. The van der Waals surface area contributed by atoms with Crippen molar-refractivity contribution in [2.45, 2.75) is 19.3 Å². The summed E-state index contributed by atoms with van der Waals surface area (Å²) in [6.07, 6.45) is -4.69. The van der Waals surface area contributed by atoms with E-state index in [2.05, 4.69) is 21.0 Å². The number of aryl methyl sites for hydroxylation is 1. The molecule has 1 fully saturated rings. The van der Waals surface area contributed by atoms with Gasteiger partial charge in [-0.15, -0.1) is 13.2 Å². The summed E-state index contributed by atoms with van der Waals surface area (Å²) >= 11 is 0. The van der Waals surface area contributed by atoms with Crippen LogP contribution in [0.25, 0.3) is 0 Å². The van der Waals surface area contributed by atoms with E-state index in [0.29, 0.717) is 0 Å². The van der Waals surface area contributed by atoms with Gasteiger partial charge >= 0.3 is 6.36 Å². The summed E-state index contributed by atoms with van der Waals surface area (Å²) in [5.41, 5.74) is 3.03. The Labute approximate surface area is 156 Å². The lowest BCUT2D eigenvalue weighted by Crippen LogP contribution is -2.45. The fraction of sp³-hybridized carbons (Fsp3) is 0.400. The highest BCUT2D eigenvalue weighted by Crippen LogP contribution is 2.33. The van der Waals surface area contributed by atoms with E-state index < -0.39 is 6.36 Å². The summed E-state index contributed by atoms with van der Waals surface area (Å²) in [6.45, 7) is 5.45. The van der Waals surface area contributed by atoms with Crippen molar-refractivity contribution < 1.29 is 22.6 Å². The fourth-order valence-electron chi connectivity index (χ4n) is 3.48. The number of ether oxygens (including phenoxy) is 2. The number of rotatable bonds is 5. The Balaban J connectivity index is 1.93. The van der Waals surface area contributed by atoms with E-state index in [0.717, 1.165) is 48.6 Å². The number of halogens is 3. The first-order valence-electron chi connectivity index (χ1n) is 8.82. The molecule has 0 amide bonds. The molecule has 2 aromatic rings. The van der Waals surface area contributed by atoms with E-state index in [-0.39, 0.29) is 11.8 Å². The topological polar surface area (TPSA) is 33.7 Å². The maximum absolute atomic E-state index is 12.4. The van der Waals surface area contributed by atoms with Crippen molar-refractivity contribution in [1.82, 2.24) is 10.2 Å². The lowest BCUT2D eigenvalue weighted by Gasteiger charge is -2.36. The second kappa shape index (κ2) is 8.19. The van der Waals surface area contributed by atoms with Crippen molar-refractivity contribution >= 4 is 0 Å². The van der Waals surface area contributed by atoms with Crippen LogP contribution in [0.2, 0.25) is 0 Å². The minimum Gasteiger partial charge on any atom is -0.496 e. The van der Waals surface area contributed by atoms with Gasteiger partial charge in [-0.2, -0.15) is 0 Å². The summed E-state index contributed by atoms with van der Waals surface area (Å²) in [5, 5.41) is 3.33. The lowest BCUT2D eigenvalue weighted by molar-refractivity contribution is -0.274. The molecule has 0 saturated carbocycles. The number of piperazine rings is 1. The molecule has 1 heterocycles. The molecular formula is C20H23F3N2O2. The maximum atomic E-state index is 12.4. The zero-order chi connectivity index (χ0) is 19.4. The first-order valence-corrected chi connectivity index (χ1v) is 8.82. The zero-order valence-corrected chi connectivity index (χ0v) is 15.3. The van der Waals surface area contributed by atoms with Crippen molar-refractivity contribution in [2.75, 3.05) is 33.3 Å². The number of nitrogens with zero attached hydrogens (tertiary/aromatic N) is 1. The van der Waals surface area contributed by atoms with Gasteiger partial charge in [0.05, 0.1) is 13.2 Å². The van der Waals surface area contributed by atoms with Gasteiger partial charge in [0.1, 0.15) is 11.5 Å². The van der Waals surface area contributed by atoms with Gasteiger partial charge < -0.3 is 14.8 Å².